The Hall–Kier alpha value is -1.91. The van der Waals surface area contributed by atoms with Gasteiger partial charge in [0.1, 0.15) is 5.75 Å². The van der Waals surface area contributed by atoms with Crippen molar-refractivity contribution in [2.24, 2.45) is 10.8 Å². The van der Waals surface area contributed by atoms with E-state index >= 15 is 0 Å². The maximum absolute atomic E-state index is 11.3. The van der Waals surface area contributed by atoms with Crippen molar-refractivity contribution in [3.8, 4) is 17.2 Å². The van der Waals surface area contributed by atoms with Crippen LogP contribution in [0.5, 0.6) is 17.2 Å². The molecule has 5 nitrogen and oxygen atoms in total. The van der Waals surface area contributed by atoms with Crippen molar-refractivity contribution in [3.63, 3.8) is 0 Å². The first kappa shape index (κ1) is 24.4. The molecule has 0 radical (unpaired) electrons. The monoisotopic (exact) mass is 420 g/mol. The number of aliphatic carboxylic acids is 1. The molecule has 1 aromatic carbocycles. The fourth-order valence-corrected chi connectivity index (χ4v) is 4.26. The average molecular weight is 421 g/mol. The minimum atomic E-state index is -0.673. The van der Waals surface area contributed by atoms with Gasteiger partial charge in [-0.15, -0.1) is 0 Å². The van der Waals surface area contributed by atoms with Gasteiger partial charge in [0, 0.05) is 17.2 Å². The summed E-state index contributed by atoms with van der Waals surface area (Å²) in [6.45, 7) is 6.75. The number of carbonyl (C=O) groups is 1. The van der Waals surface area contributed by atoms with Crippen LogP contribution < -0.4 is 0 Å². The van der Waals surface area contributed by atoms with E-state index in [1.54, 1.807) is 0 Å². The molecule has 0 bridgehead atoms. The van der Waals surface area contributed by atoms with Gasteiger partial charge in [0.15, 0.2) is 11.5 Å². The molecule has 0 aromatic heterocycles. The third-order valence-electron chi connectivity index (χ3n) is 6.47. The van der Waals surface area contributed by atoms with Crippen LogP contribution in [0.1, 0.15) is 103 Å². The lowest BCUT2D eigenvalue weighted by molar-refractivity contribution is -0.143. The third kappa shape index (κ3) is 7.10. The molecule has 2 rings (SSSR count). The number of rotatable bonds is 13. The summed E-state index contributed by atoms with van der Waals surface area (Å²) in [5.41, 5.74) is 1.26. The number of unbranched alkanes of at least 4 members (excludes halogenated alkanes) is 5. The van der Waals surface area contributed by atoms with Crippen molar-refractivity contribution >= 4 is 5.97 Å². The number of phenols is 3. The molecule has 5 heteroatoms. The second kappa shape index (κ2) is 10.4. The van der Waals surface area contributed by atoms with Crippen molar-refractivity contribution < 1.29 is 25.2 Å². The van der Waals surface area contributed by atoms with E-state index < -0.39 is 11.4 Å². The van der Waals surface area contributed by atoms with Crippen molar-refractivity contribution in [2.75, 3.05) is 0 Å². The first-order valence-corrected chi connectivity index (χ1v) is 11.5. The van der Waals surface area contributed by atoms with E-state index in [0.717, 1.165) is 63.4 Å². The number of carboxylic acids is 1. The fraction of sp³-hybridized carbons (Fsp3) is 0.720. The summed E-state index contributed by atoms with van der Waals surface area (Å²) in [6.07, 6.45) is 11.6. The highest BCUT2D eigenvalue weighted by molar-refractivity contribution is 5.77. The molecule has 170 valence electrons. The van der Waals surface area contributed by atoms with Gasteiger partial charge in [-0.3, -0.25) is 4.79 Å². The summed E-state index contributed by atoms with van der Waals surface area (Å²) in [5, 5.41) is 39.9. The molecule has 0 spiro atoms. The van der Waals surface area contributed by atoms with Crippen LogP contribution in [0.2, 0.25) is 0 Å². The van der Waals surface area contributed by atoms with Crippen LogP contribution in [-0.2, 0) is 17.6 Å². The molecule has 1 saturated carbocycles. The molecular weight excluding hydrogens is 380 g/mol. The number of carboxylic acid groups (broad SMARTS) is 1. The summed E-state index contributed by atoms with van der Waals surface area (Å²) in [4.78, 5) is 11.3. The molecule has 1 aliphatic rings. The molecule has 0 unspecified atom stereocenters. The van der Waals surface area contributed by atoms with Crippen LogP contribution in [0.3, 0.4) is 0 Å². The number of phenolic OH excluding ortho intramolecular Hbond substituents is 3. The lowest BCUT2D eigenvalue weighted by atomic mass is 9.89. The van der Waals surface area contributed by atoms with Gasteiger partial charge >= 0.3 is 5.97 Å². The molecule has 0 atom stereocenters. The fourth-order valence-electron chi connectivity index (χ4n) is 4.26. The van der Waals surface area contributed by atoms with Gasteiger partial charge in [-0.25, -0.2) is 0 Å². The quantitative estimate of drug-likeness (QED) is 0.170. The van der Waals surface area contributed by atoms with E-state index in [-0.39, 0.29) is 17.2 Å². The van der Waals surface area contributed by atoms with E-state index in [1.165, 1.54) is 18.9 Å². The first-order valence-electron chi connectivity index (χ1n) is 11.5. The number of benzene rings is 1. The van der Waals surface area contributed by atoms with E-state index in [4.69, 9.17) is 0 Å². The van der Waals surface area contributed by atoms with Crippen molar-refractivity contribution in [2.45, 2.75) is 104 Å². The Morgan fingerprint density at radius 2 is 1.43 bits per heavy atom. The van der Waals surface area contributed by atoms with Crippen molar-refractivity contribution in [1.82, 2.24) is 0 Å². The second-order valence-electron chi connectivity index (χ2n) is 10.3. The molecule has 1 aromatic rings. The van der Waals surface area contributed by atoms with Gasteiger partial charge in [0.05, 0.1) is 5.41 Å². The lowest BCUT2D eigenvalue weighted by Crippen LogP contribution is -2.14. The van der Waals surface area contributed by atoms with Crippen LogP contribution in [0.25, 0.3) is 0 Å². The van der Waals surface area contributed by atoms with Crippen LogP contribution in [0, 0.1) is 10.8 Å². The lowest BCUT2D eigenvalue weighted by Gasteiger charge is -2.18. The topological polar surface area (TPSA) is 98.0 Å². The molecule has 0 amide bonds. The first-order chi connectivity index (χ1) is 14.1. The SMILES string of the molecule is CC(C)(C)CCCCCCc1c(O)c(O)cc(O)c1CCCCCC1(C(=O)O)CC1. The van der Waals surface area contributed by atoms with Gasteiger partial charge in [-0.2, -0.15) is 0 Å². The average Bonchev–Trinajstić information content (AvgIpc) is 3.43. The summed E-state index contributed by atoms with van der Waals surface area (Å²) < 4.78 is 0. The Morgan fingerprint density at radius 3 is 2.00 bits per heavy atom. The predicted octanol–water partition coefficient (Wildman–Crippen LogP) is 6.31. The predicted molar refractivity (Wildman–Crippen MR) is 119 cm³/mol. The van der Waals surface area contributed by atoms with E-state index in [2.05, 4.69) is 20.8 Å². The minimum Gasteiger partial charge on any atom is -0.508 e. The molecule has 1 aliphatic carbocycles. The number of aromatic hydroxyl groups is 3. The van der Waals surface area contributed by atoms with Gasteiger partial charge < -0.3 is 20.4 Å². The van der Waals surface area contributed by atoms with E-state index in [9.17, 15) is 25.2 Å². The Labute approximate surface area is 181 Å². The molecule has 30 heavy (non-hydrogen) atoms. The normalized spacial score (nSPS) is 15.3. The molecule has 0 heterocycles. The summed E-state index contributed by atoms with van der Waals surface area (Å²) in [7, 11) is 0. The number of hydrogen-bond donors (Lipinski definition) is 4. The highest BCUT2D eigenvalue weighted by Crippen LogP contribution is 2.50. The standard InChI is InChI=1S/C25H40O5/c1-24(2,3)13-9-5-4-7-12-19-18(20(26)17-21(27)22(19)28)11-8-6-10-14-25(15-16-25)23(29)30/h17,26-28H,4-16H2,1-3H3,(H,29,30). The Bertz CT molecular complexity index is 713. The maximum atomic E-state index is 11.3. The third-order valence-corrected chi connectivity index (χ3v) is 6.47. The summed E-state index contributed by atoms with van der Waals surface area (Å²) >= 11 is 0. The second-order valence-corrected chi connectivity index (χ2v) is 10.3. The van der Waals surface area contributed by atoms with Crippen LogP contribution in [0.15, 0.2) is 6.07 Å². The largest absolute Gasteiger partial charge is 0.508 e. The molecule has 0 saturated heterocycles. The number of hydrogen-bond acceptors (Lipinski definition) is 4. The summed E-state index contributed by atoms with van der Waals surface area (Å²) in [5.74, 6) is -1.01. The van der Waals surface area contributed by atoms with Crippen molar-refractivity contribution in [3.05, 3.63) is 17.2 Å². The van der Waals surface area contributed by atoms with Crippen LogP contribution in [0.4, 0.5) is 0 Å². The summed E-state index contributed by atoms with van der Waals surface area (Å²) in [6, 6.07) is 1.22. The van der Waals surface area contributed by atoms with E-state index in [0.29, 0.717) is 23.8 Å². The van der Waals surface area contributed by atoms with Gasteiger partial charge in [0.2, 0.25) is 0 Å². The molecule has 0 aliphatic heterocycles. The maximum Gasteiger partial charge on any atom is 0.309 e. The van der Waals surface area contributed by atoms with Crippen LogP contribution in [-0.4, -0.2) is 26.4 Å². The van der Waals surface area contributed by atoms with Gasteiger partial charge in [-0.05, 0) is 56.8 Å². The Kier molecular flexibility index (Phi) is 8.45. The highest BCUT2D eigenvalue weighted by Gasteiger charge is 2.49. The molecular formula is C25H40O5. The zero-order valence-electron chi connectivity index (χ0n) is 19.0. The Morgan fingerprint density at radius 1 is 0.867 bits per heavy atom. The zero-order valence-corrected chi connectivity index (χ0v) is 19.0. The Balaban J connectivity index is 1.84. The highest BCUT2D eigenvalue weighted by atomic mass is 16.4. The van der Waals surface area contributed by atoms with Gasteiger partial charge in [-0.1, -0.05) is 52.9 Å². The molecule has 4 N–H and O–H groups in total. The minimum absolute atomic E-state index is 0.0391. The van der Waals surface area contributed by atoms with Crippen LogP contribution >= 0.6 is 0 Å². The molecule has 1 fully saturated rings. The van der Waals surface area contributed by atoms with E-state index in [1.807, 2.05) is 0 Å². The van der Waals surface area contributed by atoms with Crippen molar-refractivity contribution in [1.29, 1.82) is 0 Å². The van der Waals surface area contributed by atoms with Gasteiger partial charge in [0.25, 0.3) is 0 Å². The zero-order chi connectivity index (χ0) is 22.4. The smallest absolute Gasteiger partial charge is 0.309 e.